The van der Waals surface area contributed by atoms with Gasteiger partial charge in [-0.25, -0.2) is 0 Å². The molecule has 1 saturated heterocycles. The third kappa shape index (κ3) is 3.80. The summed E-state index contributed by atoms with van der Waals surface area (Å²) < 4.78 is 5.97. The minimum Gasteiger partial charge on any atom is -0.481 e. The maximum Gasteiger partial charge on any atom is 0.263 e. The Balaban J connectivity index is 2.00. The summed E-state index contributed by atoms with van der Waals surface area (Å²) in [4.78, 5) is 16.9. The fraction of sp³-hybridized carbons (Fsp3) is 0.611. The Bertz CT molecular complexity index is 534. The van der Waals surface area contributed by atoms with Crippen LogP contribution in [0.3, 0.4) is 0 Å². The number of hydrogen-bond donors (Lipinski definition) is 0. The van der Waals surface area contributed by atoms with Gasteiger partial charge in [0.1, 0.15) is 5.75 Å². The molecule has 2 rings (SSSR count). The van der Waals surface area contributed by atoms with E-state index in [0.717, 1.165) is 49.6 Å². The molecule has 0 aromatic heterocycles. The zero-order valence-electron chi connectivity index (χ0n) is 14.5. The second-order valence-electron chi connectivity index (χ2n) is 6.22. The largest absolute Gasteiger partial charge is 0.481 e. The maximum atomic E-state index is 12.6. The Morgan fingerprint density at radius 2 is 1.82 bits per heavy atom. The van der Waals surface area contributed by atoms with E-state index in [1.54, 1.807) is 0 Å². The molecule has 0 unspecified atom stereocenters. The molecule has 1 aliphatic rings. The first-order valence-electron chi connectivity index (χ1n) is 8.18. The maximum absolute atomic E-state index is 12.6. The van der Waals surface area contributed by atoms with Crippen molar-refractivity contribution in [1.29, 1.82) is 0 Å². The number of nitrogens with zero attached hydrogens (tertiary/aromatic N) is 2. The first-order valence-corrected chi connectivity index (χ1v) is 8.18. The predicted molar refractivity (Wildman–Crippen MR) is 89.4 cm³/mol. The number of carbonyl (C=O) groups is 1. The van der Waals surface area contributed by atoms with Crippen LogP contribution in [0.1, 0.15) is 30.5 Å². The Morgan fingerprint density at radius 1 is 1.18 bits per heavy atom. The lowest BCUT2D eigenvalue weighted by Crippen LogP contribution is -2.51. The highest BCUT2D eigenvalue weighted by molar-refractivity contribution is 5.81. The molecule has 0 spiro atoms. The number of hydrogen-bond acceptors (Lipinski definition) is 3. The third-order valence-electron chi connectivity index (χ3n) is 4.55. The van der Waals surface area contributed by atoms with Crippen LogP contribution in [-0.4, -0.2) is 54.5 Å². The molecule has 1 fully saturated rings. The number of amides is 1. The van der Waals surface area contributed by atoms with Gasteiger partial charge in [0.2, 0.25) is 0 Å². The number of piperazine rings is 1. The molecule has 0 radical (unpaired) electrons. The van der Waals surface area contributed by atoms with E-state index in [0.29, 0.717) is 0 Å². The molecule has 1 aliphatic heterocycles. The number of ether oxygens (including phenoxy) is 1. The summed E-state index contributed by atoms with van der Waals surface area (Å²) in [7, 11) is 0. The number of carbonyl (C=O) groups excluding carboxylic acids is 1. The summed E-state index contributed by atoms with van der Waals surface area (Å²) >= 11 is 0. The molecule has 1 aromatic carbocycles. The summed E-state index contributed by atoms with van der Waals surface area (Å²) in [6, 6.07) is 4.15. The van der Waals surface area contributed by atoms with E-state index in [1.165, 1.54) is 5.56 Å². The summed E-state index contributed by atoms with van der Waals surface area (Å²) in [5.41, 5.74) is 3.47. The van der Waals surface area contributed by atoms with Crippen LogP contribution in [0, 0.1) is 20.8 Å². The van der Waals surface area contributed by atoms with Gasteiger partial charge in [-0.2, -0.15) is 0 Å². The first-order chi connectivity index (χ1) is 10.4. The highest BCUT2D eigenvalue weighted by Crippen LogP contribution is 2.24. The Labute approximate surface area is 134 Å². The first kappa shape index (κ1) is 16.8. The second kappa shape index (κ2) is 7.14. The minimum absolute atomic E-state index is 0.0920. The zero-order valence-corrected chi connectivity index (χ0v) is 14.5. The van der Waals surface area contributed by atoms with Crippen molar-refractivity contribution >= 4 is 5.91 Å². The van der Waals surface area contributed by atoms with Crippen molar-refractivity contribution in [1.82, 2.24) is 9.80 Å². The van der Waals surface area contributed by atoms with E-state index in [9.17, 15) is 4.79 Å². The van der Waals surface area contributed by atoms with Gasteiger partial charge < -0.3 is 14.5 Å². The van der Waals surface area contributed by atoms with Gasteiger partial charge in [0.05, 0.1) is 0 Å². The smallest absolute Gasteiger partial charge is 0.263 e. The summed E-state index contributed by atoms with van der Waals surface area (Å²) in [5.74, 6) is 0.917. The average molecular weight is 304 g/mol. The molecule has 122 valence electrons. The van der Waals surface area contributed by atoms with Gasteiger partial charge in [0, 0.05) is 26.2 Å². The van der Waals surface area contributed by atoms with Crippen molar-refractivity contribution in [3.8, 4) is 5.75 Å². The van der Waals surface area contributed by atoms with Gasteiger partial charge in [0.15, 0.2) is 6.10 Å². The molecule has 1 atom stereocenters. The van der Waals surface area contributed by atoms with E-state index in [-0.39, 0.29) is 5.91 Å². The van der Waals surface area contributed by atoms with E-state index in [2.05, 4.69) is 31.7 Å². The monoisotopic (exact) mass is 304 g/mol. The van der Waals surface area contributed by atoms with Gasteiger partial charge >= 0.3 is 0 Å². The van der Waals surface area contributed by atoms with Crippen LogP contribution in [0.25, 0.3) is 0 Å². The Hall–Kier alpha value is -1.55. The molecule has 1 aromatic rings. The quantitative estimate of drug-likeness (QED) is 0.857. The highest BCUT2D eigenvalue weighted by atomic mass is 16.5. The van der Waals surface area contributed by atoms with Gasteiger partial charge in [-0.3, -0.25) is 4.79 Å². The van der Waals surface area contributed by atoms with Crippen LogP contribution >= 0.6 is 0 Å². The number of benzene rings is 1. The van der Waals surface area contributed by atoms with Crippen molar-refractivity contribution in [3.05, 3.63) is 28.8 Å². The molecule has 4 heteroatoms. The van der Waals surface area contributed by atoms with E-state index in [4.69, 9.17) is 4.74 Å². The number of likely N-dealkylation sites (N-methyl/N-ethyl adjacent to an activating group) is 1. The van der Waals surface area contributed by atoms with Crippen molar-refractivity contribution in [2.45, 2.75) is 40.7 Å². The highest BCUT2D eigenvalue weighted by Gasteiger charge is 2.25. The zero-order chi connectivity index (χ0) is 16.3. The van der Waals surface area contributed by atoms with Crippen LogP contribution in [0.2, 0.25) is 0 Å². The normalized spacial score (nSPS) is 17.4. The molecule has 0 aliphatic carbocycles. The van der Waals surface area contributed by atoms with Gasteiger partial charge in [-0.15, -0.1) is 0 Å². The summed E-state index contributed by atoms with van der Waals surface area (Å²) in [6.45, 7) is 14.7. The van der Waals surface area contributed by atoms with E-state index < -0.39 is 6.10 Å². The van der Waals surface area contributed by atoms with Crippen molar-refractivity contribution in [3.63, 3.8) is 0 Å². The summed E-state index contributed by atoms with van der Waals surface area (Å²) in [5, 5.41) is 0. The molecule has 0 N–H and O–H groups in total. The fourth-order valence-corrected chi connectivity index (χ4v) is 2.91. The molecular weight excluding hydrogens is 276 g/mol. The van der Waals surface area contributed by atoms with Crippen molar-refractivity contribution < 1.29 is 9.53 Å². The SMILES string of the molecule is CCN1CCN(C(=O)[C@@H](C)Oc2cc(C)cc(C)c2C)CC1. The van der Waals surface area contributed by atoms with E-state index >= 15 is 0 Å². The second-order valence-corrected chi connectivity index (χ2v) is 6.22. The standard InChI is InChI=1S/C18H28N2O2/c1-6-19-7-9-20(10-8-19)18(21)16(5)22-17-12-13(2)11-14(3)15(17)4/h11-12,16H,6-10H2,1-5H3/t16-/m1/s1. The van der Waals surface area contributed by atoms with Gasteiger partial charge in [-0.05, 0) is 57.0 Å². The Morgan fingerprint density at radius 3 is 2.41 bits per heavy atom. The summed E-state index contributed by atoms with van der Waals surface area (Å²) in [6.07, 6.45) is -0.437. The minimum atomic E-state index is -0.437. The topological polar surface area (TPSA) is 32.8 Å². The van der Waals surface area contributed by atoms with Gasteiger partial charge in [-0.1, -0.05) is 13.0 Å². The average Bonchev–Trinajstić information content (AvgIpc) is 2.51. The lowest BCUT2D eigenvalue weighted by Gasteiger charge is -2.35. The molecule has 0 saturated carbocycles. The Kier molecular flexibility index (Phi) is 5.46. The number of aryl methyl sites for hydroxylation is 2. The molecule has 1 amide bonds. The van der Waals surface area contributed by atoms with Crippen LogP contribution in [0.4, 0.5) is 0 Å². The predicted octanol–water partition coefficient (Wildman–Crippen LogP) is 2.54. The molecule has 22 heavy (non-hydrogen) atoms. The van der Waals surface area contributed by atoms with Crippen LogP contribution in [0.15, 0.2) is 12.1 Å². The molecule has 4 nitrogen and oxygen atoms in total. The van der Waals surface area contributed by atoms with Crippen molar-refractivity contribution in [2.75, 3.05) is 32.7 Å². The van der Waals surface area contributed by atoms with Crippen LogP contribution < -0.4 is 4.74 Å². The van der Waals surface area contributed by atoms with Crippen molar-refractivity contribution in [2.24, 2.45) is 0 Å². The number of rotatable bonds is 4. The molecular formula is C18H28N2O2. The van der Waals surface area contributed by atoms with Crippen LogP contribution in [-0.2, 0) is 4.79 Å². The molecule has 1 heterocycles. The van der Waals surface area contributed by atoms with E-state index in [1.807, 2.05) is 24.8 Å². The lowest BCUT2D eigenvalue weighted by atomic mass is 10.1. The van der Waals surface area contributed by atoms with Crippen LogP contribution in [0.5, 0.6) is 5.75 Å². The molecule has 0 bridgehead atoms. The fourth-order valence-electron chi connectivity index (χ4n) is 2.91. The van der Waals surface area contributed by atoms with Gasteiger partial charge in [0.25, 0.3) is 5.91 Å². The third-order valence-corrected chi connectivity index (χ3v) is 4.55. The lowest BCUT2D eigenvalue weighted by molar-refractivity contribution is -0.139.